The average Bonchev–Trinajstić information content (AvgIpc) is 2.86. The predicted octanol–water partition coefficient (Wildman–Crippen LogP) is 2.11. The van der Waals surface area contributed by atoms with Gasteiger partial charge in [-0.1, -0.05) is 20.8 Å². The molecule has 0 aliphatic carbocycles. The van der Waals surface area contributed by atoms with Gasteiger partial charge < -0.3 is 5.32 Å². The van der Waals surface area contributed by atoms with E-state index in [-0.39, 0.29) is 0 Å². The van der Waals surface area contributed by atoms with Crippen molar-refractivity contribution in [2.75, 3.05) is 0 Å². The maximum absolute atomic E-state index is 4.41. The summed E-state index contributed by atoms with van der Waals surface area (Å²) in [4.78, 5) is 13.2. The fraction of sp³-hybridized carbons (Fsp3) is 0.500. The monoisotopic (exact) mass is 259 g/mol. The molecule has 0 aliphatic rings. The van der Waals surface area contributed by atoms with Crippen LogP contribution in [0, 0.1) is 0 Å². The second kappa shape index (κ2) is 6.43. The molecule has 2 rings (SSSR count). The van der Waals surface area contributed by atoms with Gasteiger partial charge in [0, 0.05) is 49.4 Å². The van der Waals surface area contributed by atoms with E-state index >= 15 is 0 Å². The number of aryl methyl sites for hydroxylation is 1. The Bertz CT molecular complexity index is 501. The first-order valence-electron chi connectivity index (χ1n) is 6.77. The second-order valence-electron chi connectivity index (χ2n) is 4.89. The number of hydrogen-bond acceptors (Lipinski definition) is 4. The van der Waals surface area contributed by atoms with E-state index in [0.29, 0.717) is 12.0 Å². The summed E-state index contributed by atoms with van der Waals surface area (Å²) < 4.78 is 1.95. The van der Waals surface area contributed by atoms with Crippen molar-refractivity contribution >= 4 is 0 Å². The fourth-order valence-corrected chi connectivity index (χ4v) is 1.81. The third kappa shape index (κ3) is 3.61. The molecular weight excluding hydrogens is 238 g/mol. The molecule has 1 N–H and O–H groups in total. The zero-order chi connectivity index (χ0) is 13.7. The van der Waals surface area contributed by atoms with Crippen LogP contribution in [0.1, 0.15) is 38.6 Å². The van der Waals surface area contributed by atoms with Crippen molar-refractivity contribution in [2.24, 2.45) is 0 Å². The first-order chi connectivity index (χ1) is 9.20. The third-order valence-electron chi connectivity index (χ3n) is 2.81. The van der Waals surface area contributed by atoms with E-state index in [1.54, 1.807) is 6.20 Å². The molecule has 19 heavy (non-hydrogen) atoms. The summed E-state index contributed by atoms with van der Waals surface area (Å²) in [6.07, 6.45) is 9.44. The van der Waals surface area contributed by atoms with Gasteiger partial charge in [-0.2, -0.15) is 0 Å². The Balaban J connectivity index is 2.11. The molecule has 2 aromatic heterocycles. The summed E-state index contributed by atoms with van der Waals surface area (Å²) >= 11 is 0. The maximum Gasteiger partial charge on any atom is 0.235 e. The van der Waals surface area contributed by atoms with E-state index in [1.165, 1.54) is 0 Å². The molecule has 2 heterocycles. The number of nitrogens with zero attached hydrogens (tertiary/aromatic N) is 4. The first kappa shape index (κ1) is 13.7. The van der Waals surface area contributed by atoms with Gasteiger partial charge in [0.05, 0.1) is 0 Å². The van der Waals surface area contributed by atoms with Crippen molar-refractivity contribution < 1.29 is 0 Å². The van der Waals surface area contributed by atoms with Crippen LogP contribution in [0.25, 0.3) is 5.95 Å². The van der Waals surface area contributed by atoms with E-state index in [1.807, 2.05) is 23.2 Å². The van der Waals surface area contributed by atoms with Gasteiger partial charge in [0.2, 0.25) is 5.95 Å². The van der Waals surface area contributed by atoms with E-state index in [9.17, 15) is 0 Å². The van der Waals surface area contributed by atoms with Crippen LogP contribution in [0.3, 0.4) is 0 Å². The van der Waals surface area contributed by atoms with Crippen molar-refractivity contribution in [2.45, 2.75) is 46.2 Å². The molecular formula is C14H21N5. The minimum Gasteiger partial charge on any atom is -0.310 e. The molecule has 0 spiro atoms. The molecule has 0 amide bonds. The van der Waals surface area contributed by atoms with Gasteiger partial charge >= 0.3 is 0 Å². The van der Waals surface area contributed by atoms with Crippen LogP contribution < -0.4 is 5.32 Å². The van der Waals surface area contributed by atoms with Gasteiger partial charge in [-0.05, 0) is 6.42 Å². The highest BCUT2D eigenvalue weighted by atomic mass is 15.2. The number of rotatable bonds is 6. The summed E-state index contributed by atoms with van der Waals surface area (Å²) in [6.45, 7) is 7.18. The largest absolute Gasteiger partial charge is 0.310 e. The Kier molecular flexibility index (Phi) is 4.63. The van der Waals surface area contributed by atoms with Crippen LogP contribution in [0.15, 0.2) is 24.8 Å². The quantitative estimate of drug-likeness (QED) is 0.863. The van der Waals surface area contributed by atoms with E-state index in [4.69, 9.17) is 0 Å². The lowest BCUT2D eigenvalue weighted by Gasteiger charge is -2.09. The third-order valence-corrected chi connectivity index (χ3v) is 2.81. The Labute approximate surface area is 114 Å². The van der Waals surface area contributed by atoms with Crippen LogP contribution in [-0.2, 0) is 13.0 Å². The molecule has 0 atom stereocenters. The molecule has 0 saturated carbocycles. The molecule has 102 valence electrons. The Hall–Kier alpha value is -1.75. The number of nitrogens with one attached hydrogen (secondary N) is 1. The molecule has 2 aromatic rings. The van der Waals surface area contributed by atoms with Crippen LogP contribution in [0.4, 0.5) is 0 Å². The summed E-state index contributed by atoms with van der Waals surface area (Å²) in [5.74, 6) is 1.70. The highest BCUT2D eigenvalue weighted by Gasteiger charge is 2.06. The lowest BCUT2D eigenvalue weighted by atomic mass is 10.3. The van der Waals surface area contributed by atoms with Gasteiger partial charge in [-0.3, -0.25) is 4.57 Å². The fourth-order valence-electron chi connectivity index (χ4n) is 1.81. The van der Waals surface area contributed by atoms with Crippen molar-refractivity contribution in [3.63, 3.8) is 0 Å². The maximum atomic E-state index is 4.41. The minimum absolute atomic E-state index is 0.462. The molecule has 0 aliphatic heterocycles. The van der Waals surface area contributed by atoms with Crippen LogP contribution >= 0.6 is 0 Å². The lowest BCUT2D eigenvalue weighted by molar-refractivity contribution is 0.586. The summed E-state index contributed by atoms with van der Waals surface area (Å²) in [5.41, 5.74) is 1.09. The average molecular weight is 259 g/mol. The van der Waals surface area contributed by atoms with Crippen molar-refractivity contribution in [3.05, 3.63) is 36.2 Å². The minimum atomic E-state index is 0.462. The normalized spacial score (nSPS) is 11.2. The molecule has 5 nitrogen and oxygen atoms in total. The van der Waals surface area contributed by atoms with Crippen LogP contribution in [0.2, 0.25) is 0 Å². The molecule has 0 radical (unpaired) electrons. The molecule has 5 heteroatoms. The van der Waals surface area contributed by atoms with Crippen molar-refractivity contribution in [1.29, 1.82) is 0 Å². The van der Waals surface area contributed by atoms with E-state index < -0.39 is 0 Å². The van der Waals surface area contributed by atoms with E-state index in [2.05, 4.69) is 41.0 Å². The zero-order valence-corrected chi connectivity index (χ0v) is 11.8. The zero-order valence-electron chi connectivity index (χ0n) is 11.8. The highest BCUT2D eigenvalue weighted by molar-refractivity contribution is 5.17. The van der Waals surface area contributed by atoms with Crippen LogP contribution in [0.5, 0.6) is 0 Å². The molecule has 0 bridgehead atoms. The predicted molar refractivity (Wildman–Crippen MR) is 75.1 cm³/mol. The molecule has 0 unspecified atom stereocenters. The van der Waals surface area contributed by atoms with Crippen molar-refractivity contribution in [3.8, 4) is 5.95 Å². The Morgan fingerprint density at radius 2 is 1.95 bits per heavy atom. The van der Waals surface area contributed by atoms with Gasteiger partial charge in [0.1, 0.15) is 5.82 Å². The number of aromatic nitrogens is 4. The van der Waals surface area contributed by atoms with Gasteiger partial charge in [-0.15, -0.1) is 0 Å². The highest BCUT2D eigenvalue weighted by Crippen LogP contribution is 2.07. The smallest absolute Gasteiger partial charge is 0.235 e. The number of hydrogen-bond donors (Lipinski definition) is 1. The SMILES string of the molecule is CCCc1nccn1-c1ncc(CNC(C)C)cn1. The van der Waals surface area contributed by atoms with E-state index in [0.717, 1.165) is 30.8 Å². The Morgan fingerprint density at radius 3 is 2.58 bits per heavy atom. The standard InChI is InChI=1S/C14H21N5/c1-4-5-13-15-6-7-19(13)14-17-9-12(10-18-14)8-16-11(2)3/h6-7,9-11,16H,4-5,8H2,1-3H3. The second-order valence-corrected chi connectivity index (χ2v) is 4.89. The molecule has 0 saturated heterocycles. The van der Waals surface area contributed by atoms with Crippen LogP contribution in [-0.4, -0.2) is 25.6 Å². The summed E-state index contributed by atoms with van der Waals surface area (Å²) in [5, 5.41) is 3.35. The van der Waals surface area contributed by atoms with Crippen molar-refractivity contribution in [1.82, 2.24) is 24.8 Å². The Morgan fingerprint density at radius 1 is 1.21 bits per heavy atom. The first-order valence-corrected chi connectivity index (χ1v) is 6.77. The van der Waals surface area contributed by atoms with Gasteiger partial charge in [0.15, 0.2) is 0 Å². The lowest BCUT2D eigenvalue weighted by Crippen LogP contribution is -2.22. The molecule has 0 fully saturated rings. The molecule has 0 aromatic carbocycles. The topological polar surface area (TPSA) is 55.6 Å². The van der Waals surface area contributed by atoms with Gasteiger partial charge in [0.25, 0.3) is 0 Å². The van der Waals surface area contributed by atoms with Gasteiger partial charge in [-0.25, -0.2) is 15.0 Å². The summed E-state index contributed by atoms with van der Waals surface area (Å²) in [7, 11) is 0. The summed E-state index contributed by atoms with van der Waals surface area (Å²) in [6, 6.07) is 0.462. The number of imidazole rings is 1.